The van der Waals surface area contributed by atoms with Crippen LogP contribution in [0.1, 0.15) is 34.3 Å². The Kier molecular flexibility index (Phi) is 6.32. The van der Waals surface area contributed by atoms with Gasteiger partial charge < -0.3 is 37.2 Å². The first kappa shape index (κ1) is 28.9. The Morgan fingerprint density at radius 1 is 1.09 bits per heavy atom. The van der Waals surface area contributed by atoms with Gasteiger partial charge in [-0.1, -0.05) is 30.3 Å². The number of rotatable bonds is 5. The number of imide groups is 1. The topological polar surface area (TPSA) is 202 Å². The highest BCUT2D eigenvalue weighted by Gasteiger charge is 2.73. The molecule has 4 atom stereocenters. The van der Waals surface area contributed by atoms with E-state index in [-0.39, 0.29) is 67.5 Å². The molecule has 2 aromatic carbocycles. The normalized spacial score (nSPS) is 29.4. The van der Waals surface area contributed by atoms with E-state index in [1.54, 1.807) is 30.3 Å². The van der Waals surface area contributed by atoms with Crippen molar-refractivity contribution < 1.29 is 33.4 Å². The van der Waals surface area contributed by atoms with E-state index in [2.05, 4.69) is 20.6 Å². The summed E-state index contributed by atoms with van der Waals surface area (Å²) < 4.78 is 29.2. The zero-order chi connectivity index (χ0) is 31.9. The first-order valence-corrected chi connectivity index (χ1v) is 14.5. The van der Waals surface area contributed by atoms with Gasteiger partial charge in [0.15, 0.2) is 17.6 Å². The molecule has 1 spiro atoms. The Morgan fingerprint density at radius 3 is 2.60 bits per heavy atom. The fraction of sp³-hybridized carbons (Fsp3) is 0.414. The number of fused-ring (bicyclic) bond motifs is 1. The van der Waals surface area contributed by atoms with Crippen molar-refractivity contribution >= 4 is 35.5 Å². The van der Waals surface area contributed by atoms with E-state index in [4.69, 9.17) is 11.5 Å². The van der Waals surface area contributed by atoms with E-state index in [9.17, 15) is 33.4 Å². The van der Waals surface area contributed by atoms with E-state index in [0.29, 0.717) is 5.69 Å². The van der Waals surface area contributed by atoms with Crippen molar-refractivity contribution in [3.63, 3.8) is 0 Å². The summed E-state index contributed by atoms with van der Waals surface area (Å²) in [5, 5.41) is 28.9. The number of nitrogens with zero attached hydrogens (tertiary/aromatic N) is 5. The predicted octanol–water partition coefficient (Wildman–Crippen LogP) is -0.642. The van der Waals surface area contributed by atoms with Crippen LogP contribution in [0, 0.1) is 0 Å². The summed E-state index contributed by atoms with van der Waals surface area (Å²) in [6, 6.07) is 8.49. The number of guanidine groups is 2. The van der Waals surface area contributed by atoms with Crippen LogP contribution in [0.2, 0.25) is 0 Å². The summed E-state index contributed by atoms with van der Waals surface area (Å²) in [7, 11) is 0. The number of benzene rings is 2. The molecule has 16 heteroatoms. The van der Waals surface area contributed by atoms with E-state index in [1.807, 2.05) is 0 Å². The van der Waals surface area contributed by atoms with Gasteiger partial charge in [-0.25, -0.2) is 23.6 Å². The molecular formula is C29H31F2N9O5. The van der Waals surface area contributed by atoms with Gasteiger partial charge in [0.25, 0.3) is 17.7 Å². The number of alkyl halides is 2. The van der Waals surface area contributed by atoms with Crippen LogP contribution in [-0.2, 0) is 17.1 Å². The molecule has 1 unspecified atom stereocenters. The second kappa shape index (κ2) is 9.84. The van der Waals surface area contributed by atoms with Crippen LogP contribution in [-0.4, -0.2) is 99.0 Å². The number of amides is 4. The summed E-state index contributed by atoms with van der Waals surface area (Å²) in [5.74, 6) is -7.50. The van der Waals surface area contributed by atoms with Crippen molar-refractivity contribution in [3.05, 3.63) is 65.2 Å². The van der Waals surface area contributed by atoms with Crippen LogP contribution in [0.5, 0.6) is 0 Å². The van der Waals surface area contributed by atoms with Crippen LogP contribution < -0.4 is 27.0 Å². The van der Waals surface area contributed by atoms with Crippen molar-refractivity contribution in [2.45, 2.75) is 54.8 Å². The van der Waals surface area contributed by atoms with E-state index in [1.165, 1.54) is 28.0 Å². The second-order valence-electron chi connectivity index (χ2n) is 11.9. The number of hydrogen-bond acceptors (Lipinski definition) is 11. The molecule has 2 saturated heterocycles. The van der Waals surface area contributed by atoms with Gasteiger partial charge in [-0.3, -0.25) is 19.4 Å². The summed E-state index contributed by atoms with van der Waals surface area (Å²) >= 11 is 0. The van der Waals surface area contributed by atoms with E-state index in [0.717, 1.165) is 4.90 Å². The Balaban J connectivity index is 1.17. The average molecular weight is 624 g/mol. The van der Waals surface area contributed by atoms with Crippen LogP contribution >= 0.6 is 0 Å². The fourth-order valence-electron chi connectivity index (χ4n) is 7.22. The highest BCUT2D eigenvalue weighted by Crippen LogP contribution is 2.46. The molecular weight excluding hydrogens is 592 g/mol. The van der Waals surface area contributed by atoms with Gasteiger partial charge in [-0.15, -0.1) is 0 Å². The van der Waals surface area contributed by atoms with Gasteiger partial charge >= 0.3 is 6.03 Å². The Hall–Kier alpha value is -4.83. The minimum atomic E-state index is -3.08. The minimum Gasteiger partial charge on any atom is -0.370 e. The van der Waals surface area contributed by atoms with Crippen molar-refractivity contribution in [2.75, 3.05) is 24.5 Å². The summed E-state index contributed by atoms with van der Waals surface area (Å²) in [4.78, 5) is 52.3. The molecule has 5 aliphatic rings. The van der Waals surface area contributed by atoms with Crippen LogP contribution in [0.3, 0.4) is 0 Å². The smallest absolute Gasteiger partial charge is 0.331 e. The number of para-hydroxylation sites is 1. The number of anilines is 1. The number of carbonyl (C=O) groups excluding carboxylic acids is 3. The quantitative estimate of drug-likeness (QED) is 0.185. The first-order valence-electron chi connectivity index (χ1n) is 14.5. The van der Waals surface area contributed by atoms with Crippen molar-refractivity contribution in [3.8, 4) is 0 Å². The van der Waals surface area contributed by atoms with Crippen molar-refractivity contribution in [2.24, 2.45) is 21.5 Å². The maximum absolute atomic E-state index is 14.6. The van der Waals surface area contributed by atoms with Crippen LogP contribution in [0.15, 0.2) is 58.5 Å². The van der Waals surface area contributed by atoms with Gasteiger partial charge in [-0.05, 0) is 36.6 Å². The minimum absolute atomic E-state index is 0.00489. The van der Waals surface area contributed by atoms with Gasteiger partial charge in [0.05, 0.1) is 12.6 Å². The highest BCUT2D eigenvalue weighted by atomic mass is 19.3. The SMILES string of the molecule is NC1=N[C@H]2[C@H](CN3C(=O)CN(c4ccccc4)C3=O)N=C(N)N3CC(NC(=O)c4cccc5c4CCCC5(F)F)C(O)(O)[C@]23N1. The van der Waals surface area contributed by atoms with Crippen molar-refractivity contribution in [1.29, 1.82) is 0 Å². The Labute approximate surface area is 255 Å². The molecule has 8 N–H and O–H groups in total. The second-order valence-corrected chi connectivity index (χ2v) is 11.9. The summed E-state index contributed by atoms with van der Waals surface area (Å²) in [6.07, 6.45) is 0.134. The van der Waals surface area contributed by atoms with Crippen molar-refractivity contribution in [1.82, 2.24) is 20.4 Å². The standard InChI is InChI=1S/C29H31F2N9O5/c30-27(31)11-5-9-16-17(8-4-10-18(16)27)23(42)35-20-13-40-25(33)34-19(22-28(40,29(20,44)45)37-24(32)36-22)12-39-21(41)14-38(26(39)43)15-6-2-1-3-7-15/h1-4,6-8,10,19-20,22,44-45H,5,9,11-14H2,(H2,33,34)(H,35,42)(H3,32,36,37)/t19-,20?,22-,28-/m0/s1. The van der Waals surface area contributed by atoms with Gasteiger partial charge in [0, 0.05) is 29.8 Å². The lowest BCUT2D eigenvalue weighted by molar-refractivity contribution is -0.230. The van der Waals surface area contributed by atoms with E-state index < -0.39 is 53.3 Å². The maximum Gasteiger partial charge on any atom is 0.331 e. The average Bonchev–Trinajstić information content (AvgIpc) is 3.58. The lowest BCUT2D eigenvalue weighted by atomic mass is 9.84. The Morgan fingerprint density at radius 2 is 1.84 bits per heavy atom. The third kappa shape index (κ3) is 4.15. The number of nitrogens with two attached hydrogens (primary N) is 2. The lowest BCUT2D eigenvalue weighted by Gasteiger charge is -2.49. The molecule has 4 amide bonds. The molecule has 45 heavy (non-hydrogen) atoms. The maximum atomic E-state index is 14.6. The number of aliphatic imine (C=N–C) groups is 2. The van der Waals surface area contributed by atoms with Gasteiger partial charge in [-0.2, -0.15) is 0 Å². The molecule has 0 saturated carbocycles. The predicted molar refractivity (Wildman–Crippen MR) is 156 cm³/mol. The molecule has 7 rings (SSSR count). The number of hydrogen-bond donors (Lipinski definition) is 6. The molecule has 1 aliphatic carbocycles. The fourth-order valence-corrected chi connectivity index (χ4v) is 7.22. The third-order valence-electron chi connectivity index (χ3n) is 9.33. The largest absolute Gasteiger partial charge is 0.370 e. The number of aliphatic hydroxyl groups is 2. The molecule has 236 valence electrons. The molecule has 2 fully saturated rings. The number of urea groups is 1. The van der Waals surface area contributed by atoms with Crippen LogP contribution in [0.25, 0.3) is 0 Å². The molecule has 4 heterocycles. The first-order chi connectivity index (χ1) is 21.3. The highest BCUT2D eigenvalue weighted by molar-refractivity contribution is 6.12. The molecule has 0 bridgehead atoms. The summed E-state index contributed by atoms with van der Waals surface area (Å²) in [5.41, 5.74) is 11.0. The zero-order valence-corrected chi connectivity index (χ0v) is 23.9. The zero-order valence-electron chi connectivity index (χ0n) is 23.9. The van der Waals surface area contributed by atoms with Crippen LogP contribution in [0.4, 0.5) is 19.3 Å². The summed E-state index contributed by atoms with van der Waals surface area (Å²) in [6.45, 7) is -0.757. The monoisotopic (exact) mass is 623 g/mol. The Bertz CT molecular complexity index is 1670. The van der Waals surface area contributed by atoms with Gasteiger partial charge in [0.1, 0.15) is 18.6 Å². The number of carbonyl (C=O) groups is 3. The van der Waals surface area contributed by atoms with E-state index >= 15 is 0 Å². The third-order valence-corrected chi connectivity index (χ3v) is 9.33. The molecule has 4 aliphatic heterocycles. The lowest BCUT2D eigenvalue weighted by Crippen LogP contribution is -2.78. The molecule has 0 radical (unpaired) electrons. The number of halogens is 2. The molecule has 2 aromatic rings. The molecule has 14 nitrogen and oxygen atoms in total. The van der Waals surface area contributed by atoms with Gasteiger partial charge in [0.2, 0.25) is 5.79 Å². The number of nitrogens with one attached hydrogen (secondary N) is 2. The molecule has 0 aromatic heterocycles.